The van der Waals surface area contributed by atoms with Crippen LogP contribution < -0.4 is 0 Å². The van der Waals surface area contributed by atoms with E-state index < -0.39 is 0 Å². The van der Waals surface area contributed by atoms with E-state index in [1.54, 1.807) is 0 Å². The van der Waals surface area contributed by atoms with Crippen molar-refractivity contribution in [1.82, 2.24) is 0 Å². The third-order valence-corrected chi connectivity index (χ3v) is 4.27. The number of rotatable bonds is 3. The number of aliphatic hydroxyl groups is 1. The van der Waals surface area contributed by atoms with E-state index in [9.17, 15) is 5.11 Å². The van der Waals surface area contributed by atoms with Crippen molar-refractivity contribution in [3.8, 4) is 0 Å². The van der Waals surface area contributed by atoms with Crippen molar-refractivity contribution < 1.29 is 5.11 Å². The Kier molecular flexibility index (Phi) is 4.37. The van der Waals surface area contributed by atoms with Gasteiger partial charge in [0.2, 0.25) is 0 Å². The molecule has 1 rings (SSSR count). The molecule has 1 nitrogen and oxygen atoms in total. The summed E-state index contributed by atoms with van der Waals surface area (Å²) >= 11 is 0. The predicted octanol–water partition coefficient (Wildman–Crippen LogP) is 4.25. The van der Waals surface area contributed by atoms with Crippen molar-refractivity contribution in [3.05, 3.63) is 33.9 Å². The zero-order chi connectivity index (χ0) is 13.3. The molecule has 0 aliphatic rings. The Morgan fingerprint density at radius 3 is 1.65 bits per heavy atom. The summed E-state index contributed by atoms with van der Waals surface area (Å²) in [4.78, 5) is 0. The molecule has 0 aliphatic heterocycles. The molecule has 96 valence electrons. The summed E-state index contributed by atoms with van der Waals surface area (Å²) in [6.45, 7) is 14.9. The third kappa shape index (κ3) is 2.71. The SMILES string of the molecule is Cc1cc(C)c(C)c(C(O)C(C)C(C)C)c1C. The number of aliphatic hydroxyl groups excluding tert-OH is 1. The molecule has 1 heteroatoms. The largest absolute Gasteiger partial charge is 0.388 e. The van der Waals surface area contributed by atoms with E-state index in [0.717, 1.165) is 5.56 Å². The van der Waals surface area contributed by atoms with Gasteiger partial charge < -0.3 is 5.11 Å². The molecule has 0 heterocycles. The fourth-order valence-electron chi connectivity index (χ4n) is 2.32. The van der Waals surface area contributed by atoms with E-state index in [0.29, 0.717) is 5.92 Å². The van der Waals surface area contributed by atoms with Gasteiger partial charge >= 0.3 is 0 Å². The molecule has 0 fully saturated rings. The zero-order valence-electron chi connectivity index (χ0n) is 12.3. The van der Waals surface area contributed by atoms with Crippen molar-refractivity contribution in [2.24, 2.45) is 11.8 Å². The maximum Gasteiger partial charge on any atom is 0.0823 e. The topological polar surface area (TPSA) is 20.2 Å². The van der Waals surface area contributed by atoms with E-state index in [4.69, 9.17) is 0 Å². The van der Waals surface area contributed by atoms with Crippen molar-refractivity contribution >= 4 is 0 Å². The Bertz CT molecular complexity index is 378. The highest BCUT2D eigenvalue weighted by Crippen LogP contribution is 2.34. The van der Waals surface area contributed by atoms with Gasteiger partial charge in [-0.25, -0.2) is 0 Å². The van der Waals surface area contributed by atoms with Crippen LogP contribution in [0.4, 0.5) is 0 Å². The molecular weight excluding hydrogens is 208 g/mol. The third-order valence-electron chi connectivity index (χ3n) is 4.27. The first-order chi connectivity index (χ1) is 7.77. The molecule has 2 atom stereocenters. The van der Waals surface area contributed by atoms with Crippen molar-refractivity contribution in [2.45, 2.75) is 54.6 Å². The zero-order valence-corrected chi connectivity index (χ0v) is 12.3. The van der Waals surface area contributed by atoms with E-state index in [-0.39, 0.29) is 12.0 Å². The number of hydrogen-bond acceptors (Lipinski definition) is 1. The highest BCUT2D eigenvalue weighted by atomic mass is 16.3. The molecule has 0 amide bonds. The average molecular weight is 234 g/mol. The molecule has 17 heavy (non-hydrogen) atoms. The lowest BCUT2D eigenvalue weighted by atomic mass is 9.82. The first-order valence-electron chi connectivity index (χ1n) is 6.52. The van der Waals surface area contributed by atoms with Crippen molar-refractivity contribution in [1.29, 1.82) is 0 Å². The summed E-state index contributed by atoms with van der Waals surface area (Å²) in [6.07, 6.45) is -0.353. The summed E-state index contributed by atoms with van der Waals surface area (Å²) in [5, 5.41) is 10.6. The molecule has 1 aromatic carbocycles. The molecule has 0 saturated carbocycles. The van der Waals surface area contributed by atoms with Gasteiger partial charge in [-0.05, 0) is 67.3 Å². The molecule has 0 aromatic heterocycles. The molecule has 2 unspecified atom stereocenters. The summed E-state index contributed by atoms with van der Waals surface area (Å²) in [5.41, 5.74) is 6.18. The Hall–Kier alpha value is -0.820. The molecule has 0 spiro atoms. The fourth-order valence-corrected chi connectivity index (χ4v) is 2.32. The highest BCUT2D eigenvalue weighted by molar-refractivity contribution is 5.45. The average Bonchev–Trinajstić information content (AvgIpc) is 2.25. The Labute approximate surface area is 106 Å². The number of hydrogen-bond donors (Lipinski definition) is 1. The first-order valence-corrected chi connectivity index (χ1v) is 6.52. The highest BCUT2D eigenvalue weighted by Gasteiger charge is 2.23. The quantitative estimate of drug-likeness (QED) is 0.829. The molecule has 0 saturated heterocycles. The van der Waals surface area contributed by atoms with Crippen molar-refractivity contribution in [3.63, 3.8) is 0 Å². The normalized spacial score (nSPS) is 15.1. The Morgan fingerprint density at radius 2 is 1.29 bits per heavy atom. The van der Waals surface area contributed by atoms with E-state index >= 15 is 0 Å². The van der Waals surface area contributed by atoms with Crippen LogP contribution in [0, 0.1) is 39.5 Å². The van der Waals surface area contributed by atoms with Gasteiger partial charge in [0.05, 0.1) is 6.10 Å². The second-order valence-electron chi connectivity index (χ2n) is 5.72. The maximum absolute atomic E-state index is 10.6. The number of aryl methyl sites for hydroxylation is 2. The van der Waals surface area contributed by atoms with Gasteiger partial charge in [0.1, 0.15) is 0 Å². The monoisotopic (exact) mass is 234 g/mol. The summed E-state index contributed by atoms with van der Waals surface area (Å²) in [7, 11) is 0. The minimum absolute atomic E-state index is 0.286. The van der Waals surface area contributed by atoms with E-state index in [1.165, 1.54) is 22.3 Å². The fraction of sp³-hybridized carbons (Fsp3) is 0.625. The van der Waals surface area contributed by atoms with Gasteiger partial charge in [-0.1, -0.05) is 26.8 Å². The predicted molar refractivity (Wildman–Crippen MR) is 74.4 cm³/mol. The standard InChI is InChI=1S/C16H26O/c1-9(2)12(5)16(17)15-13(6)10(3)8-11(4)14(15)7/h8-9,12,16-17H,1-7H3. The summed E-state index contributed by atoms with van der Waals surface area (Å²) in [5.74, 6) is 0.776. The van der Waals surface area contributed by atoms with Gasteiger partial charge in [0, 0.05) is 0 Å². The Balaban J connectivity index is 3.30. The van der Waals surface area contributed by atoms with Crippen LogP contribution in [0.1, 0.15) is 54.7 Å². The lowest BCUT2D eigenvalue weighted by molar-refractivity contribution is 0.0908. The number of benzene rings is 1. The van der Waals surface area contributed by atoms with Crippen LogP contribution in [0.15, 0.2) is 6.07 Å². The van der Waals surface area contributed by atoms with E-state index in [2.05, 4.69) is 54.5 Å². The van der Waals surface area contributed by atoms with Crippen LogP contribution in [-0.4, -0.2) is 5.11 Å². The summed E-state index contributed by atoms with van der Waals surface area (Å²) in [6, 6.07) is 2.21. The molecule has 1 aromatic rings. The van der Waals surface area contributed by atoms with Gasteiger partial charge in [0.25, 0.3) is 0 Å². The van der Waals surface area contributed by atoms with Crippen molar-refractivity contribution in [2.75, 3.05) is 0 Å². The van der Waals surface area contributed by atoms with Crippen LogP contribution in [0.25, 0.3) is 0 Å². The van der Waals surface area contributed by atoms with E-state index in [1.807, 2.05) is 0 Å². The minimum atomic E-state index is -0.353. The molecule has 0 bridgehead atoms. The lowest BCUT2D eigenvalue weighted by Crippen LogP contribution is -2.18. The van der Waals surface area contributed by atoms with Crippen LogP contribution in [0.5, 0.6) is 0 Å². The molecular formula is C16H26O. The maximum atomic E-state index is 10.6. The van der Waals surface area contributed by atoms with Gasteiger partial charge in [0.15, 0.2) is 0 Å². The first kappa shape index (κ1) is 14.2. The van der Waals surface area contributed by atoms with Crippen LogP contribution >= 0.6 is 0 Å². The molecule has 0 aliphatic carbocycles. The van der Waals surface area contributed by atoms with Gasteiger partial charge in [-0.3, -0.25) is 0 Å². The van der Waals surface area contributed by atoms with Crippen LogP contribution in [0.2, 0.25) is 0 Å². The second-order valence-corrected chi connectivity index (χ2v) is 5.72. The summed E-state index contributed by atoms with van der Waals surface area (Å²) < 4.78 is 0. The molecule has 0 radical (unpaired) electrons. The lowest BCUT2D eigenvalue weighted by Gasteiger charge is -2.27. The smallest absolute Gasteiger partial charge is 0.0823 e. The van der Waals surface area contributed by atoms with Gasteiger partial charge in [-0.15, -0.1) is 0 Å². The molecule has 1 N–H and O–H groups in total. The van der Waals surface area contributed by atoms with Gasteiger partial charge in [-0.2, -0.15) is 0 Å². The van der Waals surface area contributed by atoms with Crippen LogP contribution in [0.3, 0.4) is 0 Å². The van der Waals surface area contributed by atoms with Crippen LogP contribution in [-0.2, 0) is 0 Å². The minimum Gasteiger partial charge on any atom is -0.388 e. The Morgan fingerprint density at radius 1 is 0.882 bits per heavy atom. The second kappa shape index (κ2) is 5.22.